The smallest absolute Gasteiger partial charge is 0.221 e. The maximum Gasteiger partial charge on any atom is 0.221 e. The van der Waals surface area contributed by atoms with Crippen molar-refractivity contribution in [3.63, 3.8) is 0 Å². The van der Waals surface area contributed by atoms with Crippen LogP contribution in [-0.4, -0.2) is 30.1 Å². The molecule has 0 unspecified atom stereocenters. The maximum atomic E-state index is 11.3. The molecular formula is C14H23N3O2. The molecule has 0 aliphatic carbocycles. The van der Waals surface area contributed by atoms with Crippen LogP contribution in [0.4, 0.5) is 0 Å². The summed E-state index contributed by atoms with van der Waals surface area (Å²) in [5.41, 5.74) is 1.01. The van der Waals surface area contributed by atoms with Gasteiger partial charge in [0.05, 0.1) is 6.10 Å². The zero-order valence-corrected chi connectivity index (χ0v) is 11.9. The van der Waals surface area contributed by atoms with Crippen LogP contribution in [0.25, 0.3) is 0 Å². The third-order valence-electron chi connectivity index (χ3n) is 2.42. The highest BCUT2D eigenvalue weighted by molar-refractivity contribution is 5.75. The van der Waals surface area contributed by atoms with Gasteiger partial charge in [0.2, 0.25) is 11.8 Å². The number of ether oxygens (including phenoxy) is 1. The Bertz CT molecular complexity index is 394. The number of carbonyl (C=O) groups excluding carboxylic acids is 1. The number of nitrogens with one attached hydrogen (secondary N) is 2. The van der Waals surface area contributed by atoms with Gasteiger partial charge in [0.15, 0.2) is 0 Å². The molecule has 5 heteroatoms. The van der Waals surface area contributed by atoms with E-state index in [4.69, 9.17) is 4.74 Å². The number of nitrogens with zero attached hydrogens (tertiary/aromatic N) is 1. The van der Waals surface area contributed by atoms with E-state index in [0.29, 0.717) is 31.9 Å². The van der Waals surface area contributed by atoms with Gasteiger partial charge in [-0.1, -0.05) is 6.07 Å². The van der Waals surface area contributed by atoms with E-state index >= 15 is 0 Å². The van der Waals surface area contributed by atoms with Crippen LogP contribution < -0.4 is 15.4 Å². The van der Waals surface area contributed by atoms with E-state index in [-0.39, 0.29) is 12.0 Å². The second-order valence-corrected chi connectivity index (χ2v) is 4.51. The summed E-state index contributed by atoms with van der Waals surface area (Å²) in [6.07, 6.45) is 2.30. The largest absolute Gasteiger partial charge is 0.475 e. The quantitative estimate of drug-likeness (QED) is 0.699. The minimum Gasteiger partial charge on any atom is -0.475 e. The first kappa shape index (κ1) is 15.4. The van der Waals surface area contributed by atoms with Crippen molar-refractivity contribution in [3.05, 3.63) is 23.9 Å². The Balaban J connectivity index is 2.38. The van der Waals surface area contributed by atoms with Gasteiger partial charge < -0.3 is 15.4 Å². The molecule has 1 aromatic rings. The predicted molar refractivity (Wildman–Crippen MR) is 75.0 cm³/mol. The first-order chi connectivity index (χ1) is 9.13. The molecule has 2 N–H and O–H groups in total. The maximum absolute atomic E-state index is 11.3. The molecule has 0 radical (unpaired) electrons. The van der Waals surface area contributed by atoms with Crippen LogP contribution in [-0.2, 0) is 11.3 Å². The first-order valence-electron chi connectivity index (χ1n) is 6.71. The Kier molecular flexibility index (Phi) is 6.89. The van der Waals surface area contributed by atoms with Gasteiger partial charge in [-0.2, -0.15) is 0 Å². The average Bonchev–Trinajstić information content (AvgIpc) is 2.36. The summed E-state index contributed by atoms with van der Waals surface area (Å²) in [5, 5.41) is 5.99. The van der Waals surface area contributed by atoms with E-state index in [1.54, 1.807) is 6.20 Å². The topological polar surface area (TPSA) is 63.2 Å². The van der Waals surface area contributed by atoms with Crippen molar-refractivity contribution in [1.82, 2.24) is 15.6 Å². The van der Waals surface area contributed by atoms with Crippen LogP contribution in [0.5, 0.6) is 5.88 Å². The second-order valence-electron chi connectivity index (χ2n) is 4.51. The average molecular weight is 265 g/mol. The Hall–Kier alpha value is -1.62. The third-order valence-corrected chi connectivity index (χ3v) is 2.42. The van der Waals surface area contributed by atoms with E-state index < -0.39 is 0 Å². The summed E-state index contributed by atoms with van der Waals surface area (Å²) in [6, 6.07) is 3.86. The van der Waals surface area contributed by atoms with Gasteiger partial charge >= 0.3 is 0 Å². The van der Waals surface area contributed by atoms with E-state index in [9.17, 15) is 4.79 Å². The molecule has 0 bridgehead atoms. The molecule has 5 nitrogen and oxygen atoms in total. The summed E-state index contributed by atoms with van der Waals surface area (Å²) in [5.74, 6) is 0.725. The van der Waals surface area contributed by atoms with Crippen LogP contribution in [0, 0.1) is 0 Å². The Labute approximate surface area is 114 Å². The number of amides is 1. The Morgan fingerprint density at radius 2 is 2.26 bits per heavy atom. The second kappa shape index (κ2) is 8.48. The van der Waals surface area contributed by atoms with Crippen molar-refractivity contribution in [2.24, 2.45) is 0 Å². The molecule has 0 fully saturated rings. The normalized spacial score (nSPS) is 10.5. The van der Waals surface area contributed by atoms with Crippen molar-refractivity contribution in [2.75, 3.05) is 13.1 Å². The molecule has 19 heavy (non-hydrogen) atoms. The van der Waals surface area contributed by atoms with Crippen molar-refractivity contribution in [2.45, 2.75) is 39.8 Å². The summed E-state index contributed by atoms with van der Waals surface area (Å²) < 4.78 is 5.63. The van der Waals surface area contributed by atoms with Crippen molar-refractivity contribution in [3.8, 4) is 5.88 Å². The molecule has 1 heterocycles. The summed E-state index contributed by atoms with van der Waals surface area (Å²) in [6.45, 7) is 7.82. The molecule has 0 saturated carbocycles. The van der Waals surface area contributed by atoms with Gasteiger partial charge in [-0.15, -0.1) is 0 Å². The molecule has 1 aromatic heterocycles. The summed E-state index contributed by atoms with van der Waals surface area (Å²) >= 11 is 0. The Morgan fingerprint density at radius 3 is 2.95 bits per heavy atom. The molecule has 0 spiro atoms. The number of rotatable bonds is 8. The van der Waals surface area contributed by atoms with Gasteiger partial charge in [0, 0.05) is 37.8 Å². The number of aromatic nitrogens is 1. The molecule has 106 valence electrons. The zero-order valence-electron chi connectivity index (χ0n) is 11.9. The molecule has 0 saturated heterocycles. The summed E-state index contributed by atoms with van der Waals surface area (Å²) in [7, 11) is 0. The van der Waals surface area contributed by atoms with Crippen molar-refractivity contribution >= 4 is 5.91 Å². The number of hydrogen-bond acceptors (Lipinski definition) is 4. The van der Waals surface area contributed by atoms with Gasteiger partial charge in [-0.25, -0.2) is 4.98 Å². The van der Waals surface area contributed by atoms with Crippen LogP contribution >= 0.6 is 0 Å². The fourth-order valence-electron chi connectivity index (χ4n) is 1.60. The molecule has 1 rings (SSSR count). The molecule has 1 amide bonds. The lowest BCUT2D eigenvalue weighted by molar-refractivity contribution is -0.120. The van der Waals surface area contributed by atoms with Crippen molar-refractivity contribution < 1.29 is 9.53 Å². The highest BCUT2D eigenvalue weighted by Gasteiger charge is 2.06. The van der Waals surface area contributed by atoms with Gasteiger partial charge in [0.1, 0.15) is 0 Å². The van der Waals surface area contributed by atoms with Crippen LogP contribution in [0.15, 0.2) is 18.3 Å². The monoisotopic (exact) mass is 265 g/mol. The summed E-state index contributed by atoms with van der Waals surface area (Å²) in [4.78, 5) is 15.5. The fourth-order valence-corrected chi connectivity index (χ4v) is 1.60. The number of carbonyl (C=O) groups is 1. The van der Waals surface area contributed by atoms with E-state index in [1.807, 2.05) is 32.9 Å². The molecule has 0 atom stereocenters. The van der Waals surface area contributed by atoms with E-state index in [2.05, 4.69) is 15.6 Å². The molecular weight excluding hydrogens is 242 g/mol. The van der Waals surface area contributed by atoms with Gasteiger partial charge in [-0.05, 0) is 26.8 Å². The highest BCUT2D eigenvalue weighted by Crippen LogP contribution is 2.15. The fraction of sp³-hybridized carbons (Fsp3) is 0.571. The third kappa shape index (κ3) is 6.20. The molecule has 0 aliphatic rings. The first-order valence-corrected chi connectivity index (χ1v) is 6.71. The molecule has 0 aliphatic heterocycles. The van der Waals surface area contributed by atoms with Gasteiger partial charge in [-0.3, -0.25) is 4.79 Å². The van der Waals surface area contributed by atoms with E-state index in [0.717, 1.165) is 5.56 Å². The number of pyridine rings is 1. The van der Waals surface area contributed by atoms with E-state index in [1.165, 1.54) is 0 Å². The lowest BCUT2D eigenvalue weighted by Gasteiger charge is -2.13. The van der Waals surface area contributed by atoms with Crippen LogP contribution in [0.3, 0.4) is 0 Å². The SMILES string of the molecule is CCNC(=O)CCNCc1cccnc1OC(C)C. The van der Waals surface area contributed by atoms with Gasteiger partial charge in [0.25, 0.3) is 0 Å². The minimum atomic E-state index is 0.0693. The highest BCUT2D eigenvalue weighted by atomic mass is 16.5. The Morgan fingerprint density at radius 1 is 1.47 bits per heavy atom. The minimum absolute atomic E-state index is 0.0693. The van der Waals surface area contributed by atoms with Crippen molar-refractivity contribution in [1.29, 1.82) is 0 Å². The van der Waals surface area contributed by atoms with Crippen LogP contribution in [0.1, 0.15) is 32.8 Å². The zero-order chi connectivity index (χ0) is 14.1. The lowest BCUT2D eigenvalue weighted by Crippen LogP contribution is -2.27. The lowest BCUT2D eigenvalue weighted by atomic mass is 10.2. The predicted octanol–water partition coefficient (Wildman–Crippen LogP) is 1.48. The number of hydrogen-bond donors (Lipinski definition) is 2. The standard InChI is InChI=1S/C14H23N3O2/c1-4-16-13(18)7-9-15-10-12-6-5-8-17-14(12)19-11(2)3/h5-6,8,11,15H,4,7,9-10H2,1-3H3,(H,16,18). The van der Waals surface area contributed by atoms with Crippen LogP contribution in [0.2, 0.25) is 0 Å². The molecule has 0 aromatic carbocycles.